The number of likely N-dealkylation sites (N-methyl/N-ethyl adjacent to an activating group) is 1. The summed E-state index contributed by atoms with van der Waals surface area (Å²) in [6, 6.07) is 0. The van der Waals surface area contributed by atoms with Crippen molar-refractivity contribution in [3.63, 3.8) is 0 Å². The van der Waals surface area contributed by atoms with Crippen molar-refractivity contribution in [2.75, 3.05) is 7.05 Å². The van der Waals surface area contributed by atoms with E-state index in [2.05, 4.69) is 5.43 Å². The van der Waals surface area contributed by atoms with Gasteiger partial charge in [-0.05, 0) is 0 Å². The molecule has 4 nitrogen and oxygen atoms in total. The lowest BCUT2D eigenvalue weighted by Gasteiger charge is -2.21. The highest BCUT2D eigenvalue weighted by Gasteiger charge is 2.28. The molecule has 0 atom stereocenters. The molecule has 1 aliphatic rings. The average Bonchev–Trinajstić information content (AvgIpc) is 1.86. The van der Waals surface area contributed by atoms with Crippen molar-refractivity contribution >= 4 is 0 Å². The van der Waals surface area contributed by atoms with E-state index in [1.165, 1.54) is 24.3 Å². The zero-order valence-corrected chi connectivity index (χ0v) is 4.50. The Bertz CT molecular complexity index is 121. The lowest BCUT2D eigenvalue weighted by atomic mass is 10.5. The van der Waals surface area contributed by atoms with Gasteiger partial charge in [-0.25, -0.2) is 0 Å². The van der Waals surface area contributed by atoms with Gasteiger partial charge in [-0.15, -0.1) is 0 Å². The van der Waals surface area contributed by atoms with Gasteiger partial charge in [0, 0.05) is 19.3 Å². The second-order valence-electron chi connectivity index (χ2n) is 1.71. The fraction of sp³-hybridized carbons (Fsp3) is 0.500. The monoisotopic (exact) mass is 116 g/mol. The van der Waals surface area contributed by atoms with E-state index in [0.29, 0.717) is 0 Å². The van der Waals surface area contributed by atoms with Gasteiger partial charge in [0.25, 0.3) is 5.91 Å². The van der Waals surface area contributed by atoms with Gasteiger partial charge in [0.15, 0.2) is 0 Å². The van der Waals surface area contributed by atoms with Gasteiger partial charge in [-0.2, -0.15) is 5.01 Å². The van der Waals surface area contributed by atoms with E-state index in [1.54, 1.807) is 0 Å². The molecule has 4 heteroatoms. The molecule has 0 aromatic carbocycles. The number of hydrazine groups is 1. The van der Waals surface area contributed by atoms with Crippen LogP contribution in [0.25, 0.3) is 0 Å². The van der Waals surface area contributed by atoms with E-state index in [0.717, 1.165) is 0 Å². The second-order valence-corrected chi connectivity index (χ2v) is 1.71. The molecule has 0 aromatic rings. The molecule has 0 saturated carbocycles. The summed E-state index contributed by atoms with van der Waals surface area (Å²) in [7, 11) is 1.53. The van der Waals surface area contributed by atoms with Crippen molar-refractivity contribution in [3.05, 3.63) is 12.3 Å². The lowest BCUT2D eigenvalue weighted by molar-refractivity contribution is -0.220. The van der Waals surface area contributed by atoms with Crippen LogP contribution in [-0.2, 0) is 0 Å². The molecule has 0 bridgehead atoms. The summed E-state index contributed by atoms with van der Waals surface area (Å²) < 4.78 is 0. The third-order valence-corrected chi connectivity index (χ3v) is 1.07. The van der Waals surface area contributed by atoms with Gasteiger partial charge in [0.05, 0.1) is 0 Å². The van der Waals surface area contributed by atoms with Crippen molar-refractivity contribution in [2.24, 2.45) is 0 Å². The third kappa shape index (κ3) is 0.686. The molecule has 0 radical (unpaired) electrons. The smallest absolute Gasteiger partial charge is 0.264 e. The van der Waals surface area contributed by atoms with Crippen LogP contribution in [0.5, 0.6) is 0 Å². The summed E-state index contributed by atoms with van der Waals surface area (Å²) in [5.74, 6) is -1.81. The second kappa shape index (κ2) is 1.45. The molecule has 3 N–H and O–H groups in total. The van der Waals surface area contributed by atoms with E-state index in [4.69, 9.17) is 10.2 Å². The first-order valence-electron chi connectivity index (χ1n) is 2.25. The van der Waals surface area contributed by atoms with Crippen molar-refractivity contribution < 1.29 is 10.2 Å². The first-order chi connectivity index (χ1) is 3.63. The van der Waals surface area contributed by atoms with Gasteiger partial charge < -0.3 is 15.6 Å². The van der Waals surface area contributed by atoms with Gasteiger partial charge >= 0.3 is 0 Å². The molecule has 0 aliphatic carbocycles. The Labute approximate surface area is 47.0 Å². The molecule has 46 valence electrons. The van der Waals surface area contributed by atoms with Crippen molar-refractivity contribution in [2.45, 2.75) is 5.91 Å². The molecule has 8 heavy (non-hydrogen) atoms. The summed E-state index contributed by atoms with van der Waals surface area (Å²) in [4.78, 5) is 0. The first-order valence-corrected chi connectivity index (χ1v) is 2.25. The Morgan fingerprint density at radius 3 is 2.38 bits per heavy atom. The Morgan fingerprint density at radius 1 is 1.62 bits per heavy atom. The van der Waals surface area contributed by atoms with E-state index in [9.17, 15) is 0 Å². The van der Waals surface area contributed by atoms with Crippen molar-refractivity contribution in [3.8, 4) is 0 Å². The van der Waals surface area contributed by atoms with E-state index in [-0.39, 0.29) is 0 Å². The topological polar surface area (TPSA) is 55.7 Å². The number of rotatable bonds is 0. The average molecular weight is 116 g/mol. The van der Waals surface area contributed by atoms with Gasteiger partial charge in [0.2, 0.25) is 0 Å². The molecule has 0 amide bonds. The summed E-state index contributed by atoms with van der Waals surface area (Å²) in [5, 5.41) is 18.8. The molecule has 1 aliphatic heterocycles. The maximum atomic E-state index is 8.80. The fourth-order valence-electron chi connectivity index (χ4n) is 0.468. The Hall–Kier alpha value is -0.580. The SMILES string of the molecule is CN1NC=CC1(O)O. The number of hydrogen-bond acceptors (Lipinski definition) is 4. The van der Waals surface area contributed by atoms with Crippen LogP contribution in [0.4, 0.5) is 0 Å². The molecule has 1 rings (SSSR count). The fourth-order valence-corrected chi connectivity index (χ4v) is 0.468. The minimum absolute atomic E-state index is 1.17. The number of nitrogens with zero attached hydrogens (tertiary/aromatic N) is 1. The maximum Gasteiger partial charge on any atom is 0.264 e. The van der Waals surface area contributed by atoms with E-state index < -0.39 is 5.91 Å². The van der Waals surface area contributed by atoms with Crippen LogP contribution in [-0.4, -0.2) is 28.2 Å². The van der Waals surface area contributed by atoms with Gasteiger partial charge in [-0.3, -0.25) is 0 Å². The van der Waals surface area contributed by atoms with Crippen LogP contribution in [0, 0.1) is 0 Å². The predicted octanol–water partition coefficient (Wildman–Crippen LogP) is -1.41. The Balaban J connectivity index is 2.67. The quantitative estimate of drug-likeness (QED) is 0.340. The van der Waals surface area contributed by atoms with Crippen LogP contribution in [0.1, 0.15) is 0 Å². The van der Waals surface area contributed by atoms with Crippen LogP contribution < -0.4 is 5.43 Å². The molecule has 0 spiro atoms. The number of hydrogen-bond donors (Lipinski definition) is 3. The standard InChI is InChI=1S/C4H8N2O2/c1-6-4(7,8)2-3-5-6/h2-3,5,7-8H,1H3. The number of aliphatic hydroxyl groups is 2. The number of nitrogens with one attached hydrogen (secondary N) is 1. The van der Waals surface area contributed by atoms with Gasteiger partial charge in [-0.1, -0.05) is 0 Å². The largest absolute Gasteiger partial charge is 0.349 e. The van der Waals surface area contributed by atoms with Crippen LogP contribution in [0.3, 0.4) is 0 Å². The van der Waals surface area contributed by atoms with Gasteiger partial charge in [0.1, 0.15) is 0 Å². The highest BCUT2D eigenvalue weighted by Crippen LogP contribution is 2.08. The first kappa shape index (κ1) is 5.55. The maximum absolute atomic E-state index is 8.80. The summed E-state index contributed by atoms with van der Waals surface area (Å²) in [6.07, 6.45) is 2.70. The van der Waals surface area contributed by atoms with Crippen molar-refractivity contribution in [1.82, 2.24) is 10.4 Å². The normalized spacial score (nSPS) is 25.9. The van der Waals surface area contributed by atoms with Crippen LogP contribution in [0.2, 0.25) is 0 Å². The van der Waals surface area contributed by atoms with E-state index in [1.807, 2.05) is 0 Å². The summed E-state index contributed by atoms with van der Waals surface area (Å²) in [6.45, 7) is 0. The highest BCUT2D eigenvalue weighted by atomic mass is 16.5. The molecular formula is C4H8N2O2. The zero-order valence-electron chi connectivity index (χ0n) is 4.50. The molecule has 0 saturated heterocycles. The zero-order chi connectivity index (χ0) is 6.20. The summed E-state index contributed by atoms with van der Waals surface area (Å²) >= 11 is 0. The Morgan fingerprint density at radius 2 is 2.25 bits per heavy atom. The van der Waals surface area contributed by atoms with Crippen LogP contribution in [0.15, 0.2) is 12.3 Å². The highest BCUT2D eigenvalue weighted by molar-refractivity contribution is 4.96. The molecule has 1 heterocycles. The lowest BCUT2D eigenvalue weighted by Crippen LogP contribution is -2.45. The van der Waals surface area contributed by atoms with Crippen LogP contribution >= 0.6 is 0 Å². The van der Waals surface area contributed by atoms with E-state index >= 15 is 0 Å². The third-order valence-electron chi connectivity index (χ3n) is 1.07. The minimum atomic E-state index is -1.81. The minimum Gasteiger partial charge on any atom is -0.349 e. The molecule has 0 aromatic heterocycles. The Kier molecular flexibility index (Phi) is 1.00. The predicted molar refractivity (Wildman–Crippen MR) is 27.2 cm³/mol. The molecule has 0 fully saturated rings. The molecular weight excluding hydrogens is 108 g/mol. The molecule has 0 unspecified atom stereocenters. The summed E-state index contributed by atoms with van der Waals surface area (Å²) in [5.41, 5.74) is 2.56. The van der Waals surface area contributed by atoms with Crippen molar-refractivity contribution in [1.29, 1.82) is 0 Å².